The van der Waals surface area contributed by atoms with Crippen LogP contribution in [0.25, 0.3) is 22.1 Å². The molecule has 2 heteroatoms. The summed E-state index contributed by atoms with van der Waals surface area (Å²) in [5.41, 5.74) is 13.1. The van der Waals surface area contributed by atoms with Gasteiger partial charge in [0.05, 0.1) is 5.56 Å². The molecule has 0 aliphatic heterocycles. The van der Waals surface area contributed by atoms with Crippen molar-refractivity contribution in [1.82, 2.24) is 0 Å². The lowest BCUT2D eigenvalue weighted by Crippen LogP contribution is -2.16. The fraction of sp³-hybridized carbons (Fsp3) is 0.391. The maximum absolute atomic E-state index is 6.34. The van der Waals surface area contributed by atoms with Crippen molar-refractivity contribution < 1.29 is 4.42 Å². The van der Waals surface area contributed by atoms with Crippen LogP contribution in [-0.2, 0) is 10.8 Å². The SMILES string of the molecule is Cc1cccc(-c2c(N)oc3c(C(C)(C)C)cc(C(C)(C)C)cc23)c1. The Balaban J connectivity index is 2.42. The molecule has 0 bridgehead atoms. The molecule has 0 saturated carbocycles. The molecule has 3 aromatic rings. The number of hydrogen-bond acceptors (Lipinski definition) is 2. The number of nitrogen functional groups attached to an aromatic ring is 1. The zero-order valence-electron chi connectivity index (χ0n) is 16.4. The van der Waals surface area contributed by atoms with Gasteiger partial charge in [-0.2, -0.15) is 0 Å². The average Bonchev–Trinajstić information content (AvgIpc) is 2.79. The molecule has 2 nitrogen and oxygen atoms in total. The maximum Gasteiger partial charge on any atom is 0.199 e. The number of fused-ring (bicyclic) bond motifs is 1. The van der Waals surface area contributed by atoms with Crippen molar-refractivity contribution in [2.24, 2.45) is 0 Å². The zero-order valence-corrected chi connectivity index (χ0v) is 16.4. The molecule has 0 fully saturated rings. The van der Waals surface area contributed by atoms with Gasteiger partial charge in [0.2, 0.25) is 0 Å². The Bertz CT molecular complexity index is 933. The summed E-state index contributed by atoms with van der Waals surface area (Å²) in [5, 5.41) is 1.11. The van der Waals surface area contributed by atoms with Gasteiger partial charge < -0.3 is 10.2 Å². The van der Waals surface area contributed by atoms with Gasteiger partial charge in [0.25, 0.3) is 0 Å². The quantitative estimate of drug-likeness (QED) is 0.545. The van der Waals surface area contributed by atoms with E-state index in [0.717, 1.165) is 22.1 Å². The molecule has 0 radical (unpaired) electrons. The predicted molar refractivity (Wildman–Crippen MR) is 108 cm³/mol. The fourth-order valence-electron chi connectivity index (χ4n) is 3.31. The molecule has 2 aromatic carbocycles. The molecule has 0 saturated heterocycles. The molecule has 25 heavy (non-hydrogen) atoms. The Morgan fingerprint density at radius 3 is 2.12 bits per heavy atom. The third-order valence-electron chi connectivity index (χ3n) is 4.80. The first-order valence-electron chi connectivity index (χ1n) is 8.92. The van der Waals surface area contributed by atoms with Crippen LogP contribution < -0.4 is 5.73 Å². The lowest BCUT2D eigenvalue weighted by atomic mass is 9.79. The topological polar surface area (TPSA) is 39.2 Å². The summed E-state index contributed by atoms with van der Waals surface area (Å²) in [6.45, 7) is 15.5. The van der Waals surface area contributed by atoms with Crippen molar-refractivity contribution in [3.8, 4) is 11.1 Å². The van der Waals surface area contributed by atoms with Crippen molar-refractivity contribution >= 4 is 16.9 Å². The van der Waals surface area contributed by atoms with Crippen LogP contribution in [0.15, 0.2) is 40.8 Å². The lowest BCUT2D eigenvalue weighted by molar-refractivity contribution is 0.555. The first-order chi connectivity index (χ1) is 11.5. The van der Waals surface area contributed by atoms with Crippen LogP contribution in [0.4, 0.5) is 5.88 Å². The van der Waals surface area contributed by atoms with Gasteiger partial charge in [-0.25, -0.2) is 0 Å². The van der Waals surface area contributed by atoms with E-state index in [2.05, 4.69) is 84.9 Å². The first-order valence-corrected chi connectivity index (χ1v) is 8.92. The number of aryl methyl sites for hydroxylation is 1. The molecule has 1 aromatic heterocycles. The highest BCUT2D eigenvalue weighted by molar-refractivity contribution is 6.01. The second-order valence-electron chi connectivity index (χ2n) is 9.11. The van der Waals surface area contributed by atoms with Gasteiger partial charge in [-0.3, -0.25) is 0 Å². The molecule has 0 aliphatic rings. The standard InChI is InChI=1S/C23H29NO/c1-14-9-8-10-15(11-14)19-17-12-16(22(2,3)4)13-18(23(5,6)7)20(17)25-21(19)24/h8-13H,24H2,1-7H3. The fourth-order valence-corrected chi connectivity index (χ4v) is 3.31. The minimum Gasteiger partial charge on any atom is -0.440 e. The van der Waals surface area contributed by atoms with Gasteiger partial charge in [-0.1, -0.05) is 77.4 Å². The Morgan fingerprint density at radius 2 is 1.56 bits per heavy atom. The Kier molecular flexibility index (Phi) is 3.98. The molecule has 0 amide bonds. The van der Waals surface area contributed by atoms with Crippen LogP contribution in [0.5, 0.6) is 0 Å². The van der Waals surface area contributed by atoms with Gasteiger partial charge in [0.1, 0.15) is 5.58 Å². The molecule has 2 N–H and O–H groups in total. The van der Waals surface area contributed by atoms with Gasteiger partial charge in [-0.15, -0.1) is 0 Å². The Hall–Kier alpha value is -2.22. The van der Waals surface area contributed by atoms with Crippen LogP contribution >= 0.6 is 0 Å². The van der Waals surface area contributed by atoms with Crippen molar-refractivity contribution in [1.29, 1.82) is 0 Å². The summed E-state index contributed by atoms with van der Waals surface area (Å²) in [7, 11) is 0. The van der Waals surface area contributed by atoms with Crippen molar-refractivity contribution in [2.45, 2.75) is 59.3 Å². The van der Waals surface area contributed by atoms with Gasteiger partial charge in [-0.05, 0) is 34.9 Å². The average molecular weight is 335 g/mol. The van der Waals surface area contributed by atoms with Crippen molar-refractivity contribution in [2.75, 3.05) is 5.73 Å². The number of furan rings is 1. The Morgan fingerprint density at radius 1 is 0.880 bits per heavy atom. The second kappa shape index (κ2) is 5.66. The molecule has 0 unspecified atom stereocenters. The van der Waals surface area contributed by atoms with E-state index in [0.29, 0.717) is 5.88 Å². The van der Waals surface area contributed by atoms with Crippen LogP contribution in [0, 0.1) is 6.92 Å². The second-order valence-corrected chi connectivity index (χ2v) is 9.11. The summed E-state index contributed by atoms with van der Waals surface area (Å²) >= 11 is 0. The van der Waals surface area contributed by atoms with E-state index in [1.54, 1.807) is 0 Å². The summed E-state index contributed by atoms with van der Waals surface area (Å²) in [5.74, 6) is 0.497. The first kappa shape index (κ1) is 17.6. The van der Waals surface area contributed by atoms with Gasteiger partial charge in [0, 0.05) is 10.9 Å². The normalized spacial score (nSPS) is 12.8. The molecule has 0 spiro atoms. The summed E-state index contributed by atoms with van der Waals surface area (Å²) in [6.07, 6.45) is 0. The largest absolute Gasteiger partial charge is 0.440 e. The minimum atomic E-state index is -0.0202. The van der Waals surface area contributed by atoms with Crippen LogP contribution in [0.1, 0.15) is 58.2 Å². The summed E-state index contributed by atoms with van der Waals surface area (Å²) < 4.78 is 6.10. The molecule has 132 valence electrons. The van der Waals surface area contributed by atoms with E-state index in [4.69, 9.17) is 10.2 Å². The smallest absolute Gasteiger partial charge is 0.199 e. The van der Waals surface area contributed by atoms with E-state index in [1.165, 1.54) is 16.7 Å². The van der Waals surface area contributed by atoms with Gasteiger partial charge in [0.15, 0.2) is 5.88 Å². The third-order valence-corrected chi connectivity index (χ3v) is 4.80. The molecule has 3 rings (SSSR count). The number of nitrogens with two attached hydrogens (primary N) is 1. The highest BCUT2D eigenvalue weighted by atomic mass is 16.3. The third kappa shape index (κ3) is 3.18. The molecule has 0 atom stereocenters. The van der Waals surface area contributed by atoms with Crippen LogP contribution in [0.3, 0.4) is 0 Å². The highest BCUT2D eigenvalue weighted by Gasteiger charge is 2.26. The van der Waals surface area contributed by atoms with Crippen molar-refractivity contribution in [3.05, 3.63) is 53.1 Å². The molecular formula is C23H29NO. The van der Waals surface area contributed by atoms with Crippen LogP contribution in [0.2, 0.25) is 0 Å². The van der Waals surface area contributed by atoms with E-state index < -0.39 is 0 Å². The zero-order chi connectivity index (χ0) is 18.6. The predicted octanol–water partition coefficient (Wildman–Crippen LogP) is 6.59. The Labute approximate surface area is 151 Å². The molecule has 0 aliphatic carbocycles. The van der Waals surface area contributed by atoms with Gasteiger partial charge >= 0.3 is 0 Å². The summed E-state index contributed by atoms with van der Waals surface area (Å²) in [4.78, 5) is 0. The highest BCUT2D eigenvalue weighted by Crippen LogP contribution is 2.43. The van der Waals surface area contributed by atoms with E-state index >= 15 is 0 Å². The molecule has 1 heterocycles. The summed E-state index contributed by atoms with van der Waals surface area (Å²) in [6, 6.07) is 13.0. The van der Waals surface area contributed by atoms with E-state index in [9.17, 15) is 0 Å². The van der Waals surface area contributed by atoms with E-state index in [1.807, 2.05) is 0 Å². The number of hydrogen-bond donors (Lipinski definition) is 1. The van der Waals surface area contributed by atoms with E-state index in [-0.39, 0.29) is 10.8 Å². The minimum absolute atomic E-state index is 0.0202. The lowest BCUT2D eigenvalue weighted by Gasteiger charge is -2.25. The molecular weight excluding hydrogens is 306 g/mol. The number of rotatable bonds is 1. The van der Waals surface area contributed by atoms with Crippen molar-refractivity contribution in [3.63, 3.8) is 0 Å². The monoisotopic (exact) mass is 335 g/mol. The van der Waals surface area contributed by atoms with Crippen LogP contribution in [-0.4, -0.2) is 0 Å². The maximum atomic E-state index is 6.34. The number of anilines is 1. The number of benzene rings is 2.